The highest BCUT2D eigenvalue weighted by molar-refractivity contribution is 6.30. The number of Topliss-reactive ketones (excluding diaryl/α,β-unsaturated/α-hetero) is 1. The van der Waals surface area contributed by atoms with E-state index in [0.717, 1.165) is 25.3 Å². The third-order valence-corrected chi connectivity index (χ3v) is 6.18. The fraction of sp³-hybridized carbons (Fsp3) is 0.409. The van der Waals surface area contributed by atoms with Crippen LogP contribution in [0.4, 0.5) is 8.78 Å². The normalized spacial score (nSPS) is 24.9. The molecule has 1 unspecified atom stereocenters. The largest absolute Gasteiger partial charge is 0.484 e. The second kappa shape index (κ2) is 7.61. The van der Waals surface area contributed by atoms with Crippen molar-refractivity contribution in [3.8, 4) is 5.75 Å². The lowest BCUT2D eigenvalue weighted by molar-refractivity contribution is -0.164. The monoisotopic (exact) mass is 434 g/mol. The molecule has 0 saturated heterocycles. The van der Waals surface area contributed by atoms with Gasteiger partial charge in [-0.1, -0.05) is 17.7 Å². The zero-order chi connectivity index (χ0) is 21.5. The van der Waals surface area contributed by atoms with Gasteiger partial charge in [0.2, 0.25) is 0 Å². The van der Waals surface area contributed by atoms with E-state index >= 15 is 0 Å². The minimum atomic E-state index is -1.12. The second-order valence-electron chi connectivity index (χ2n) is 8.42. The Morgan fingerprint density at radius 2 is 2.00 bits per heavy atom. The van der Waals surface area contributed by atoms with Gasteiger partial charge in [0.25, 0.3) is 5.91 Å². The van der Waals surface area contributed by atoms with Crippen LogP contribution < -0.4 is 10.1 Å². The highest BCUT2D eigenvalue weighted by Gasteiger charge is 2.68. The van der Waals surface area contributed by atoms with Gasteiger partial charge in [-0.2, -0.15) is 0 Å². The fourth-order valence-electron chi connectivity index (χ4n) is 4.60. The summed E-state index contributed by atoms with van der Waals surface area (Å²) < 4.78 is 32.0. The Morgan fingerprint density at radius 3 is 2.60 bits per heavy atom. The summed E-state index contributed by atoms with van der Waals surface area (Å²) >= 11 is 5.62. The maximum atomic E-state index is 13.4. The molecular formula is C22H21ClF2N2O3. The lowest BCUT2D eigenvalue weighted by Gasteiger charge is -2.70. The Bertz CT molecular complexity index is 975. The van der Waals surface area contributed by atoms with Crippen molar-refractivity contribution in [3.63, 3.8) is 0 Å². The van der Waals surface area contributed by atoms with Crippen LogP contribution in [0.2, 0.25) is 5.02 Å². The number of carbonyl (C=O) groups is 2. The van der Waals surface area contributed by atoms with Crippen molar-refractivity contribution < 1.29 is 23.1 Å². The molecule has 2 bridgehead atoms. The molecule has 158 valence electrons. The molecule has 3 aliphatic rings. The van der Waals surface area contributed by atoms with Crippen molar-refractivity contribution in [1.29, 1.82) is 0 Å². The lowest BCUT2D eigenvalue weighted by atomic mass is 9.38. The van der Waals surface area contributed by atoms with Crippen molar-refractivity contribution in [2.75, 3.05) is 6.61 Å². The van der Waals surface area contributed by atoms with E-state index in [1.54, 1.807) is 12.1 Å². The van der Waals surface area contributed by atoms with Crippen LogP contribution in [0.5, 0.6) is 5.75 Å². The summed E-state index contributed by atoms with van der Waals surface area (Å²) in [6.07, 6.45) is 2.83. The van der Waals surface area contributed by atoms with Crippen LogP contribution in [0, 0.1) is 11.2 Å². The number of carbonyl (C=O) groups excluding carboxylic acids is 2. The molecule has 8 heteroatoms. The molecule has 5 rings (SSSR count). The number of alkyl halides is 1. The first-order valence-corrected chi connectivity index (χ1v) is 10.1. The Labute approximate surface area is 177 Å². The first kappa shape index (κ1) is 20.7. The molecular weight excluding hydrogens is 414 g/mol. The van der Waals surface area contributed by atoms with Crippen molar-refractivity contribution >= 4 is 23.3 Å². The lowest BCUT2D eigenvalue weighted by Crippen LogP contribution is -2.75. The predicted octanol–water partition coefficient (Wildman–Crippen LogP) is 4.60. The van der Waals surface area contributed by atoms with Gasteiger partial charge in [-0.3, -0.25) is 14.6 Å². The molecule has 0 radical (unpaired) electrons. The summed E-state index contributed by atoms with van der Waals surface area (Å²) in [5.74, 6) is -0.736. The highest BCUT2D eigenvalue weighted by atomic mass is 35.5. The molecule has 3 saturated carbocycles. The molecule has 3 aliphatic carbocycles. The van der Waals surface area contributed by atoms with Crippen LogP contribution in [0.3, 0.4) is 0 Å². The average Bonchev–Trinajstić information content (AvgIpc) is 2.66. The number of pyridine rings is 1. The average molecular weight is 435 g/mol. The predicted molar refractivity (Wildman–Crippen MR) is 107 cm³/mol. The second-order valence-corrected chi connectivity index (χ2v) is 8.82. The van der Waals surface area contributed by atoms with E-state index in [4.69, 9.17) is 16.3 Å². The topological polar surface area (TPSA) is 68.3 Å². The third-order valence-electron chi connectivity index (χ3n) is 5.87. The molecule has 3 fully saturated rings. The number of nitrogens with zero attached hydrogens (tertiary/aromatic N) is 1. The van der Waals surface area contributed by atoms with Crippen LogP contribution in [-0.2, 0) is 4.79 Å². The van der Waals surface area contributed by atoms with Crippen LogP contribution in [0.15, 0.2) is 36.5 Å². The number of hydrogen-bond acceptors (Lipinski definition) is 4. The van der Waals surface area contributed by atoms with E-state index in [0.29, 0.717) is 17.7 Å². The number of rotatable bonds is 8. The Hall–Kier alpha value is -2.54. The van der Waals surface area contributed by atoms with E-state index in [2.05, 4.69) is 10.3 Å². The summed E-state index contributed by atoms with van der Waals surface area (Å²) in [4.78, 5) is 28.7. The van der Waals surface area contributed by atoms with Gasteiger partial charge in [-0.15, -0.1) is 0 Å². The van der Waals surface area contributed by atoms with E-state index < -0.39 is 12.0 Å². The Balaban J connectivity index is 1.23. The van der Waals surface area contributed by atoms with Crippen LogP contribution in [0.1, 0.15) is 54.8 Å². The molecule has 2 aromatic rings. The molecule has 0 spiro atoms. The number of aromatic nitrogens is 1. The van der Waals surface area contributed by atoms with Crippen molar-refractivity contribution in [2.45, 2.75) is 44.3 Å². The summed E-state index contributed by atoms with van der Waals surface area (Å²) in [5.41, 5.74) is 0.402. The van der Waals surface area contributed by atoms with Crippen molar-refractivity contribution in [3.05, 3.63) is 58.6 Å². The molecule has 1 N–H and O–H groups in total. The van der Waals surface area contributed by atoms with Gasteiger partial charge >= 0.3 is 0 Å². The maximum Gasteiger partial charge on any atom is 0.258 e. The van der Waals surface area contributed by atoms with Crippen LogP contribution >= 0.6 is 11.6 Å². The van der Waals surface area contributed by atoms with E-state index in [1.807, 2.05) is 0 Å². The van der Waals surface area contributed by atoms with Crippen LogP contribution in [0.25, 0.3) is 0 Å². The summed E-state index contributed by atoms with van der Waals surface area (Å²) in [5, 5.41) is 2.95. The fourth-order valence-corrected chi connectivity index (χ4v) is 4.72. The van der Waals surface area contributed by atoms with E-state index in [1.165, 1.54) is 25.3 Å². The first-order chi connectivity index (χ1) is 14.2. The van der Waals surface area contributed by atoms with Gasteiger partial charge in [-0.05, 0) is 49.8 Å². The molecule has 1 aromatic heterocycles. The number of amides is 1. The Morgan fingerprint density at radius 1 is 1.27 bits per heavy atom. The maximum absolute atomic E-state index is 13.4. The number of ketones is 1. The quantitative estimate of drug-likeness (QED) is 0.617. The van der Waals surface area contributed by atoms with Gasteiger partial charge in [0.15, 0.2) is 12.4 Å². The molecule has 1 aromatic carbocycles. The molecule has 0 aliphatic heterocycles. The number of hydrogen-bond donors (Lipinski definition) is 1. The summed E-state index contributed by atoms with van der Waals surface area (Å²) in [6, 6.07) is 7.14. The van der Waals surface area contributed by atoms with E-state index in [9.17, 15) is 18.4 Å². The Kier molecular flexibility index (Phi) is 5.26. The van der Waals surface area contributed by atoms with Gasteiger partial charge < -0.3 is 10.1 Å². The zero-order valence-electron chi connectivity index (χ0n) is 16.4. The smallest absolute Gasteiger partial charge is 0.258 e. The van der Waals surface area contributed by atoms with E-state index in [-0.39, 0.29) is 40.0 Å². The zero-order valence-corrected chi connectivity index (χ0v) is 17.1. The third kappa shape index (κ3) is 4.03. The number of nitrogens with one attached hydrogen (secondary N) is 1. The highest BCUT2D eigenvalue weighted by Crippen LogP contribution is 2.69. The van der Waals surface area contributed by atoms with Gasteiger partial charge in [0.05, 0.1) is 5.02 Å². The van der Waals surface area contributed by atoms with Crippen molar-refractivity contribution in [2.24, 2.45) is 5.41 Å². The molecule has 1 atom stereocenters. The molecule has 30 heavy (non-hydrogen) atoms. The SMILES string of the molecule is CC(F)c1ccc(C(=O)CC23CC(NC(=O)COc4ccc(Cl)c(F)c4)(C2)C3)nc1. The minimum Gasteiger partial charge on any atom is -0.484 e. The number of benzene rings is 1. The summed E-state index contributed by atoms with van der Waals surface area (Å²) in [7, 11) is 0. The standard InChI is InChI=1S/C22H21ClF2N2O3/c1-13(24)14-2-5-18(26-8-14)19(28)7-21-10-22(11-21,12-21)27-20(29)9-30-15-3-4-16(23)17(25)6-15/h2-6,8,13H,7,9-12H2,1H3,(H,27,29). The van der Waals surface area contributed by atoms with Gasteiger partial charge in [0, 0.05) is 29.8 Å². The number of halogens is 3. The molecule has 5 nitrogen and oxygen atoms in total. The molecule has 1 heterocycles. The minimum absolute atomic E-state index is 0.0105. The first-order valence-electron chi connectivity index (χ1n) is 9.71. The van der Waals surface area contributed by atoms with Crippen LogP contribution in [-0.4, -0.2) is 28.8 Å². The number of ether oxygens (including phenoxy) is 1. The van der Waals surface area contributed by atoms with Gasteiger partial charge in [0.1, 0.15) is 23.4 Å². The molecule has 1 amide bonds. The van der Waals surface area contributed by atoms with Crippen molar-refractivity contribution in [1.82, 2.24) is 10.3 Å². The van der Waals surface area contributed by atoms with Gasteiger partial charge in [-0.25, -0.2) is 8.78 Å². The summed E-state index contributed by atoms with van der Waals surface area (Å²) in [6.45, 7) is 1.20.